The maximum atomic E-state index is 4.67. The lowest BCUT2D eigenvalue weighted by atomic mass is 9.88. The topological polar surface area (TPSA) is 29.9 Å². The highest BCUT2D eigenvalue weighted by Gasteiger charge is 2.30. The molecular weight excluding hydrogens is 278 g/mol. The summed E-state index contributed by atoms with van der Waals surface area (Å²) in [5.74, 6) is 0. The molecular formula is C17H25N3S. The van der Waals surface area contributed by atoms with Crippen LogP contribution in [0.25, 0.3) is 10.9 Å². The predicted octanol–water partition coefficient (Wildman–Crippen LogP) is 3.73. The number of para-hydroxylation sites is 1. The molecule has 1 fully saturated rings. The lowest BCUT2D eigenvalue weighted by Crippen LogP contribution is -2.39. The van der Waals surface area contributed by atoms with Crippen LogP contribution in [0.2, 0.25) is 0 Å². The minimum atomic E-state index is 0.447. The van der Waals surface area contributed by atoms with Crippen LogP contribution in [0.3, 0.4) is 0 Å². The van der Waals surface area contributed by atoms with Gasteiger partial charge in [0, 0.05) is 30.3 Å². The van der Waals surface area contributed by atoms with E-state index in [4.69, 9.17) is 0 Å². The van der Waals surface area contributed by atoms with Crippen molar-refractivity contribution in [3.63, 3.8) is 0 Å². The van der Waals surface area contributed by atoms with E-state index in [0.29, 0.717) is 4.75 Å². The molecule has 2 aromatic rings. The Kier molecular flexibility index (Phi) is 4.55. The van der Waals surface area contributed by atoms with E-state index in [9.17, 15) is 0 Å². The maximum absolute atomic E-state index is 4.67. The summed E-state index contributed by atoms with van der Waals surface area (Å²) in [6.07, 6.45) is 9.15. The minimum absolute atomic E-state index is 0.447. The Morgan fingerprint density at radius 2 is 2.00 bits per heavy atom. The number of aromatic nitrogens is 2. The van der Waals surface area contributed by atoms with Crippen molar-refractivity contribution in [1.29, 1.82) is 0 Å². The van der Waals surface area contributed by atoms with Crippen molar-refractivity contribution < 1.29 is 0 Å². The molecule has 21 heavy (non-hydrogen) atoms. The molecule has 0 bridgehead atoms. The number of thioether (sulfide) groups is 1. The largest absolute Gasteiger partial charge is 0.310 e. The van der Waals surface area contributed by atoms with E-state index in [1.807, 2.05) is 23.5 Å². The van der Waals surface area contributed by atoms with Crippen molar-refractivity contribution in [2.75, 3.05) is 12.8 Å². The molecule has 0 atom stereocenters. The Morgan fingerprint density at radius 1 is 1.24 bits per heavy atom. The van der Waals surface area contributed by atoms with Crippen LogP contribution in [0.4, 0.5) is 0 Å². The van der Waals surface area contributed by atoms with Crippen molar-refractivity contribution in [2.45, 2.75) is 43.4 Å². The highest BCUT2D eigenvalue weighted by Crippen LogP contribution is 2.38. The van der Waals surface area contributed by atoms with Crippen LogP contribution >= 0.6 is 11.8 Å². The molecule has 1 N–H and O–H groups in total. The third kappa shape index (κ3) is 3.11. The van der Waals surface area contributed by atoms with Crippen molar-refractivity contribution in [3.8, 4) is 0 Å². The second kappa shape index (κ2) is 6.41. The molecule has 1 saturated carbocycles. The van der Waals surface area contributed by atoms with Crippen molar-refractivity contribution in [1.82, 2.24) is 15.1 Å². The molecule has 0 amide bonds. The molecule has 0 unspecified atom stereocenters. The highest BCUT2D eigenvalue weighted by molar-refractivity contribution is 8.00. The van der Waals surface area contributed by atoms with Gasteiger partial charge in [-0.25, -0.2) is 0 Å². The second-order valence-corrected chi connectivity index (χ2v) is 7.41. The first-order chi connectivity index (χ1) is 10.2. The zero-order chi connectivity index (χ0) is 14.7. The van der Waals surface area contributed by atoms with E-state index in [2.05, 4.69) is 40.9 Å². The van der Waals surface area contributed by atoms with Gasteiger partial charge in [0.1, 0.15) is 0 Å². The Hall–Kier alpha value is -1.00. The van der Waals surface area contributed by atoms with E-state index in [1.54, 1.807) is 0 Å². The van der Waals surface area contributed by atoms with Gasteiger partial charge in [-0.05, 0) is 25.2 Å². The number of hydrogen-bond donors (Lipinski definition) is 1. The quantitative estimate of drug-likeness (QED) is 0.913. The molecule has 114 valence electrons. The first kappa shape index (κ1) is 14.9. The Labute approximate surface area is 131 Å². The summed E-state index contributed by atoms with van der Waals surface area (Å²) in [6, 6.07) is 8.48. The van der Waals surface area contributed by atoms with Crippen LogP contribution in [-0.2, 0) is 13.6 Å². The van der Waals surface area contributed by atoms with Gasteiger partial charge < -0.3 is 5.32 Å². The average Bonchev–Trinajstić information content (AvgIpc) is 2.85. The Bertz CT molecular complexity index is 599. The first-order valence-corrected chi connectivity index (χ1v) is 9.13. The summed E-state index contributed by atoms with van der Waals surface area (Å²) >= 11 is 2.05. The van der Waals surface area contributed by atoms with Crippen LogP contribution < -0.4 is 5.32 Å². The van der Waals surface area contributed by atoms with Crippen LogP contribution in [0.5, 0.6) is 0 Å². The fourth-order valence-corrected chi connectivity index (χ4v) is 4.42. The van der Waals surface area contributed by atoms with Crippen molar-refractivity contribution >= 4 is 22.7 Å². The van der Waals surface area contributed by atoms with Crippen molar-refractivity contribution in [2.24, 2.45) is 7.05 Å². The van der Waals surface area contributed by atoms with Crippen LogP contribution in [0.15, 0.2) is 24.3 Å². The summed E-state index contributed by atoms with van der Waals surface area (Å²) in [5, 5.41) is 9.61. The third-order valence-corrected chi connectivity index (χ3v) is 6.19. The second-order valence-electron chi connectivity index (χ2n) is 6.14. The van der Waals surface area contributed by atoms with E-state index in [-0.39, 0.29) is 0 Å². The number of fused-ring (bicyclic) bond motifs is 1. The SMILES string of the molecule is CSC1(CNCc2nn(C)c3ccccc23)CCCCC1. The van der Waals surface area contributed by atoms with Gasteiger partial charge in [0.15, 0.2) is 0 Å². The van der Waals surface area contributed by atoms with E-state index in [0.717, 1.165) is 13.1 Å². The van der Waals surface area contributed by atoms with Gasteiger partial charge in [-0.3, -0.25) is 4.68 Å². The normalized spacial score (nSPS) is 18.2. The highest BCUT2D eigenvalue weighted by atomic mass is 32.2. The fraction of sp³-hybridized carbons (Fsp3) is 0.588. The van der Waals surface area contributed by atoms with Crippen LogP contribution in [-0.4, -0.2) is 27.3 Å². The fourth-order valence-electron chi connectivity index (χ4n) is 3.48. The summed E-state index contributed by atoms with van der Waals surface area (Å²) < 4.78 is 2.43. The van der Waals surface area contributed by atoms with E-state index >= 15 is 0 Å². The van der Waals surface area contributed by atoms with E-state index < -0.39 is 0 Å². The smallest absolute Gasteiger partial charge is 0.0841 e. The molecule has 1 aromatic carbocycles. The van der Waals surface area contributed by atoms with Gasteiger partial charge in [-0.1, -0.05) is 37.5 Å². The predicted molar refractivity (Wildman–Crippen MR) is 91.8 cm³/mol. The summed E-state index contributed by atoms with van der Waals surface area (Å²) in [5.41, 5.74) is 2.38. The minimum Gasteiger partial charge on any atom is -0.310 e. The lowest BCUT2D eigenvalue weighted by molar-refractivity contribution is 0.379. The van der Waals surface area contributed by atoms with Gasteiger partial charge in [0.25, 0.3) is 0 Å². The number of nitrogens with one attached hydrogen (secondary N) is 1. The van der Waals surface area contributed by atoms with Gasteiger partial charge in [-0.15, -0.1) is 0 Å². The van der Waals surface area contributed by atoms with Crippen LogP contribution in [0.1, 0.15) is 37.8 Å². The summed E-state index contributed by atoms with van der Waals surface area (Å²) in [4.78, 5) is 0. The molecule has 3 nitrogen and oxygen atoms in total. The Balaban J connectivity index is 1.66. The molecule has 0 radical (unpaired) electrons. The average molecular weight is 303 g/mol. The molecule has 0 saturated heterocycles. The molecule has 3 rings (SSSR count). The van der Waals surface area contributed by atoms with Crippen LogP contribution in [0, 0.1) is 0 Å². The maximum Gasteiger partial charge on any atom is 0.0841 e. The summed E-state index contributed by atoms with van der Waals surface area (Å²) in [6.45, 7) is 1.96. The molecule has 4 heteroatoms. The first-order valence-electron chi connectivity index (χ1n) is 7.91. The van der Waals surface area contributed by atoms with Gasteiger partial charge in [-0.2, -0.15) is 16.9 Å². The zero-order valence-corrected chi connectivity index (χ0v) is 13.9. The van der Waals surface area contributed by atoms with Gasteiger partial charge in [0.05, 0.1) is 11.2 Å². The monoisotopic (exact) mass is 303 g/mol. The Morgan fingerprint density at radius 3 is 2.76 bits per heavy atom. The zero-order valence-electron chi connectivity index (χ0n) is 13.1. The standard InChI is InChI=1S/C17H25N3S/c1-20-16-9-5-4-8-14(16)15(19-20)12-18-13-17(21-2)10-6-3-7-11-17/h4-5,8-9,18H,3,6-7,10-13H2,1-2H3. The lowest BCUT2D eigenvalue weighted by Gasteiger charge is -2.36. The summed E-state index contributed by atoms with van der Waals surface area (Å²) in [7, 11) is 2.02. The molecule has 1 heterocycles. The molecule has 1 aromatic heterocycles. The number of rotatable bonds is 5. The van der Waals surface area contributed by atoms with E-state index in [1.165, 1.54) is 48.7 Å². The number of aryl methyl sites for hydroxylation is 1. The number of nitrogens with zero attached hydrogens (tertiary/aromatic N) is 2. The molecule has 1 aliphatic rings. The van der Waals surface area contributed by atoms with Crippen molar-refractivity contribution in [3.05, 3.63) is 30.0 Å². The van der Waals surface area contributed by atoms with Gasteiger partial charge >= 0.3 is 0 Å². The number of hydrogen-bond acceptors (Lipinski definition) is 3. The molecule has 1 aliphatic carbocycles. The van der Waals surface area contributed by atoms with Gasteiger partial charge in [0.2, 0.25) is 0 Å². The molecule has 0 aliphatic heterocycles. The molecule has 0 spiro atoms. The third-order valence-electron chi connectivity index (χ3n) is 4.77. The number of benzene rings is 1.